The number of rotatable bonds is 3. The first-order valence-corrected chi connectivity index (χ1v) is 6.87. The van der Waals surface area contributed by atoms with Gasteiger partial charge in [-0.05, 0) is 12.1 Å². The van der Waals surface area contributed by atoms with Gasteiger partial charge in [-0.1, -0.05) is 20.8 Å². The minimum atomic E-state index is -0.587. The molecule has 5 heteroatoms. The van der Waals surface area contributed by atoms with Crippen molar-refractivity contribution in [2.75, 3.05) is 5.32 Å². The van der Waals surface area contributed by atoms with Crippen LogP contribution < -0.4 is 5.32 Å². The molecule has 0 saturated carbocycles. The molecule has 0 aliphatic carbocycles. The molecule has 2 aromatic rings. The summed E-state index contributed by atoms with van der Waals surface area (Å²) in [5, 5.41) is 5.98. The van der Waals surface area contributed by atoms with Crippen LogP contribution in [0.25, 0.3) is 0 Å². The lowest BCUT2D eigenvalue weighted by Crippen LogP contribution is -2.11. The molecule has 1 aromatic heterocycles. The molecule has 1 N–H and O–H groups in total. The van der Waals surface area contributed by atoms with Gasteiger partial charge in [0.2, 0.25) is 0 Å². The molecular weight excluding hydrogens is 266 g/mol. The van der Waals surface area contributed by atoms with Gasteiger partial charge in [0.1, 0.15) is 11.6 Å². The lowest BCUT2D eigenvalue weighted by atomic mass is 9.98. The summed E-state index contributed by atoms with van der Waals surface area (Å²) in [5.41, 5.74) is 1.32. The molecule has 19 heavy (non-hydrogen) atoms. The van der Waals surface area contributed by atoms with Crippen LogP contribution in [0.15, 0.2) is 23.6 Å². The Morgan fingerprint density at radius 3 is 2.32 bits per heavy atom. The largest absolute Gasteiger partial charge is 0.379 e. The first kappa shape index (κ1) is 13.9. The first-order valence-electron chi connectivity index (χ1n) is 5.99. The van der Waals surface area contributed by atoms with E-state index in [0.717, 1.165) is 16.8 Å². The number of hydrogen-bond acceptors (Lipinski definition) is 3. The van der Waals surface area contributed by atoms with E-state index >= 15 is 0 Å². The lowest BCUT2D eigenvalue weighted by Gasteiger charge is -2.13. The molecule has 0 aliphatic rings. The fraction of sp³-hybridized carbons (Fsp3) is 0.357. The van der Waals surface area contributed by atoms with E-state index in [9.17, 15) is 8.78 Å². The number of anilines is 1. The van der Waals surface area contributed by atoms with Crippen LogP contribution in [0.1, 0.15) is 31.5 Å². The third-order valence-electron chi connectivity index (χ3n) is 2.53. The highest BCUT2D eigenvalue weighted by molar-refractivity contribution is 7.09. The third kappa shape index (κ3) is 3.73. The highest BCUT2D eigenvalue weighted by Gasteiger charge is 2.17. The summed E-state index contributed by atoms with van der Waals surface area (Å²) in [6.07, 6.45) is 0. The number of nitrogens with zero attached hydrogens (tertiary/aromatic N) is 1. The molecule has 0 saturated heterocycles. The van der Waals surface area contributed by atoms with Gasteiger partial charge in [0.25, 0.3) is 0 Å². The quantitative estimate of drug-likeness (QED) is 0.906. The molecule has 0 radical (unpaired) electrons. The van der Waals surface area contributed by atoms with Crippen LogP contribution in [0.5, 0.6) is 0 Å². The molecule has 1 heterocycles. The summed E-state index contributed by atoms with van der Waals surface area (Å²) in [6.45, 7) is 6.76. The maximum Gasteiger partial charge on any atom is 0.128 e. The van der Waals surface area contributed by atoms with Gasteiger partial charge in [0.15, 0.2) is 0 Å². The summed E-state index contributed by atoms with van der Waals surface area (Å²) in [7, 11) is 0. The van der Waals surface area contributed by atoms with Crippen LogP contribution in [0.3, 0.4) is 0 Å². The van der Waals surface area contributed by atoms with E-state index in [1.54, 1.807) is 11.3 Å². The topological polar surface area (TPSA) is 24.9 Å². The highest BCUT2D eigenvalue weighted by atomic mass is 32.1. The molecule has 2 rings (SSSR count). The van der Waals surface area contributed by atoms with Crippen LogP contribution >= 0.6 is 11.3 Å². The third-order valence-corrected chi connectivity index (χ3v) is 3.85. The maximum absolute atomic E-state index is 13.0. The molecule has 102 valence electrons. The SMILES string of the molecule is CC(C)(C)c1nc(CNc2cc(F)cc(F)c2)cs1. The lowest BCUT2D eigenvalue weighted by molar-refractivity contribution is 0.583. The van der Waals surface area contributed by atoms with Crippen LogP contribution in [0.2, 0.25) is 0 Å². The summed E-state index contributed by atoms with van der Waals surface area (Å²) >= 11 is 1.60. The van der Waals surface area contributed by atoms with E-state index in [1.165, 1.54) is 12.1 Å². The zero-order valence-electron chi connectivity index (χ0n) is 11.1. The first-order chi connectivity index (χ1) is 8.84. The summed E-state index contributed by atoms with van der Waals surface area (Å²) in [4.78, 5) is 4.51. The van der Waals surface area contributed by atoms with Gasteiger partial charge < -0.3 is 5.32 Å². The van der Waals surface area contributed by atoms with Gasteiger partial charge in [-0.2, -0.15) is 0 Å². The highest BCUT2D eigenvalue weighted by Crippen LogP contribution is 2.25. The molecule has 0 fully saturated rings. The van der Waals surface area contributed by atoms with Crippen molar-refractivity contribution in [1.29, 1.82) is 0 Å². The predicted octanol–water partition coefficient (Wildman–Crippen LogP) is 4.33. The van der Waals surface area contributed by atoms with Crippen molar-refractivity contribution < 1.29 is 8.78 Å². The number of thiazole rings is 1. The zero-order chi connectivity index (χ0) is 14.0. The van der Waals surface area contributed by atoms with Gasteiger partial charge >= 0.3 is 0 Å². The van der Waals surface area contributed by atoms with Gasteiger partial charge in [-0.15, -0.1) is 11.3 Å². The monoisotopic (exact) mass is 282 g/mol. The van der Waals surface area contributed by atoms with Crippen molar-refractivity contribution in [3.8, 4) is 0 Å². The maximum atomic E-state index is 13.0. The van der Waals surface area contributed by atoms with Crippen molar-refractivity contribution in [2.45, 2.75) is 32.7 Å². The van der Waals surface area contributed by atoms with Crippen LogP contribution in [0, 0.1) is 11.6 Å². The number of hydrogen-bond donors (Lipinski definition) is 1. The number of nitrogens with one attached hydrogen (secondary N) is 1. The Morgan fingerprint density at radius 1 is 1.16 bits per heavy atom. The van der Waals surface area contributed by atoms with Crippen LogP contribution in [-0.2, 0) is 12.0 Å². The van der Waals surface area contributed by atoms with Crippen molar-refractivity contribution in [1.82, 2.24) is 4.98 Å². The van der Waals surface area contributed by atoms with Crippen molar-refractivity contribution >= 4 is 17.0 Å². The van der Waals surface area contributed by atoms with Crippen LogP contribution in [0.4, 0.5) is 14.5 Å². The zero-order valence-corrected chi connectivity index (χ0v) is 11.9. The van der Waals surface area contributed by atoms with E-state index < -0.39 is 11.6 Å². The number of halogens is 2. The Labute approximate surface area is 115 Å². The minimum absolute atomic E-state index is 0.0217. The fourth-order valence-corrected chi connectivity index (χ4v) is 2.49. The summed E-state index contributed by atoms with van der Waals surface area (Å²) in [6, 6.07) is 3.38. The second-order valence-electron chi connectivity index (χ2n) is 5.41. The average Bonchev–Trinajstić information content (AvgIpc) is 2.73. The smallest absolute Gasteiger partial charge is 0.128 e. The molecule has 0 unspecified atom stereocenters. The van der Waals surface area contributed by atoms with Crippen molar-refractivity contribution in [2.24, 2.45) is 0 Å². The molecule has 0 bridgehead atoms. The van der Waals surface area contributed by atoms with E-state index in [4.69, 9.17) is 0 Å². The minimum Gasteiger partial charge on any atom is -0.379 e. The average molecular weight is 282 g/mol. The van der Waals surface area contributed by atoms with E-state index in [2.05, 4.69) is 31.1 Å². The Morgan fingerprint density at radius 2 is 1.79 bits per heavy atom. The fourth-order valence-electron chi connectivity index (χ4n) is 1.58. The standard InChI is InChI=1S/C14H16F2N2S/c1-14(2,3)13-18-12(8-19-13)7-17-11-5-9(15)4-10(16)6-11/h4-6,8,17H,7H2,1-3H3. The summed E-state index contributed by atoms with van der Waals surface area (Å²) < 4.78 is 26.0. The van der Waals surface area contributed by atoms with Crippen LogP contribution in [-0.4, -0.2) is 4.98 Å². The molecular formula is C14H16F2N2S. The second-order valence-corrected chi connectivity index (χ2v) is 6.26. The number of aromatic nitrogens is 1. The Balaban J connectivity index is 2.04. The Bertz CT molecular complexity index is 553. The van der Waals surface area contributed by atoms with Crippen molar-refractivity contribution in [3.05, 3.63) is 45.9 Å². The van der Waals surface area contributed by atoms with E-state index in [1.807, 2.05) is 5.38 Å². The van der Waals surface area contributed by atoms with E-state index in [-0.39, 0.29) is 5.41 Å². The molecule has 0 spiro atoms. The normalized spacial score (nSPS) is 11.6. The molecule has 2 nitrogen and oxygen atoms in total. The Hall–Kier alpha value is -1.49. The molecule has 0 atom stereocenters. The Kier molecular flexibility index (Phi) is 3.85. The van der Waals surface area contributed by atoms with Gasteiger partial charge in [-0.25, -0.2) is 13.8 Å². The predicted molar refractivity (Wildman–Crippen MR) is 74.5 cm³/mol. The van der Waals surface area contributed by atoms with Crippen molar-refractivity contribution in [3.63, 3.8) is 0 Å². The second kappa shape index (κ2) is 5.25. The molecule has 0 amide bonds. The molecule has 1 aromatic carbocycles. The van der Waals surface area contributed by atoms with Gasteiger partial charge in [0, 0.05) is 22.5 Å². The number of benzene rings is 1. The van der Waals surface area contributed by atoms with Gasteiger partial charge in [0.05, 0.1) is 17.2 Å². The molecule has 0 aliphatic heterocycles. The summed E-state index contributed by atoms with van der Waals surface area (Å²) in [5.74, 6) is -1.17. The van der Waals surface area contributed by atoms with E-state index in [0.29, 0.717) is 12.2 Å². The van der Waals surface area contributed by atoms with Gasteiger partial charge in [-0.3, -0.25) is 0 Å².